The first-order chi connectivity index (χ1) is 14.0. The molecule has 0 spiro atoms. The van der Waals surface area contributed by atoms with E-state index in [4.69, 9.17) is 18.9 Å². The Balaban J connectivity index is 3.25. The van der Waals surface area contributed by atoms with Gasteiger partial charge in [-0.25, -0.2) is 0 Å². The van der Waals surface area contributed by atoms with E-state index in [-0.39, 0.29) is 0 Å². The number of esters is 4. The predicted octanol–water partition coefficient (Wildman–Crippen LogP) is 1.29. The summed E-state index contributed by atoms with van der Waals surface area (Å²) in [5.74, 6) is -3.99. The number of carbonyl (C=O) groups is 5. The first-order valence-corrected chi connectivity index (χ1v) is 9.02. The van der Waals surface area contributed by atoms with Gasteiger partial charge in [-0.1, -0.05) is 17.7 Å². The monoisotopic (exact) mass is 423 g/mol. The van der Waals surface area contributed by atoms with Gasteiger partial charge >= 0.3 is 23.9 Å². The highest BCUT2D eigenvalue weighted by Crippen LogP contribution is 2.18. The van der Waals surface area contributed by atoms with Crippen LogP contribution >= 0.6 is 0 Å². The van der Waals surface area contributed by atoms with E-state index in [0.717, 1.165) is 33.3 Å². The van der Waals surface area contributed by atoms with E-state index in [1.807, 2.05) is 6.92 Å². The molecule has 1 rings (SSSR count). The molecule has 0 saturated carbocycles. The summed E-state index contributed by atoms with van der Waals surface area (Å²) in [7, 11) is 0. The number of amides is 1. The number of carbonyl (C=O) groups excluding carboxylic acids is 5. The molecule has 0 unspecified atom stereocenters. The number of ether oxygens (including phenoxy) is 4. The zero-order valence-electron chi connectivity index (χ0n) is 17.4. The largest absolute Gasteiger partial charge is 0.462 e. The molecule has 0 bridgehead atoms. The Bertz CT molecular complexity index is 788. The van der Waals surface area contributed by atoms with E-state index >= 15 is 0 Å². The van der Waals surface area contributed by atoms with Crippen LogP contribution in [0.25, 0.3) is 0 Å². The van der Waals surface area contributed by atoms with Crippen molar-refractivity contribution in [2.24, 2.45) is 0 Å². The minimum absolute atomic E-state index is 0.397. The molecule has 1 aromatic rings. The van der Waals surface area contributed by atoms with Gasteiger partial charge in [0.05, 0.1) is 0 Å². The second-order valence-corrected chi connectivity index (χ2v) is 6.41. The molecule has 0 heterocycles. The van der Waals surface area contributed by atoms with Crippen molar-refractivity contribution in [1.29, 1.82) is 0 Å². The minimum Gasteiger partial charge on any atom is -0.462 e. The van der Waals surface area contributed by atoms with Gasteiger partial charge < -0.3 is 24.3 Å². The molecular weight excluding hydrogens is 398 g/mol. The van der Waals surface area contributed by atoms with Crippen molar-refractivity contribution in [2.45, 2.75) is 52.9 Å². The van der Waals surface area contributed by atoms with Crippen molar-refractivity contribution in [1.82, 2.24) is 0 Å². The summed E-state index contributed by atoms with van der Waals surface area (Å²) in [4.78, 5) is 58.8. The minimum atomic E-state index is -1.69. The third-order valence-electron chi connectivity index (χ3n) is 3.61. The van der Waals surface area contributed by atoms with Crippen LogP contribution in [0.4, 0.5) is 5.69 Å². The van der Waals surface area contributed by atoms with E-state index in [1.54, 1.807) is 24.3 Å². The van der Waals surface area contributed by atoms with Gasteiger partial charge in [-0.15, -0.1) is 0 Å². The fraction of sp³-hybridized carbons (Fsp3) is 0.450. The number of hydrogen-bond acceptors (Lipinski definition) is 9. The van der Waals surface area contributed by atoms with Crippen molar-refractivity contribution < 1.29 is 42.9 Å². The molecule has 10 nitrogen and oxygen atoms in total. The van der Waals surface area contributed by atoms with Crippen molar-refractivity contribution in [3.63, 3.8) is 0 Å². The van der Waals surface area contributed by atoms with E-state index in [1.165, 1.54) is 0 Å². The van der Waals surface area contributed by atoms with Gasteiger partial charge in [-0.05, 0) is 19.1 Å². The van der Waals surface area contributed by atoms with E-state index in [2.05, 4.69) is 5.32 Å². The Morgan fingerprint density at radius 1 is 0.800 bits per heavy atom. The molecule has 0 saturated heterocycles. The summed E-state index contributed by atoms with van der Waals surface area (Å²) in [5.41, 5.74) is 1.35. The van der Waals surface area contributed by atoms with Crippen LogP contribution in [0.1, 0.15) is 33.3 Å². The number of aryl methyl sites for hydroxylation is 1. The van der Waals surface area contributed by atoms with Crippen LogP contribution in [0.3, 0.4) is 0 Å². The second kappa shape index (κ2) is 11.5. The molecule has 164 valence electrons. The summed E-state index contributed by atoms with van der Waals surface area (Å²) < 4.78 is 20.2. The van der Waals surface area contributed by atoms with Gasteiger partial charge in [-0.3, -0.25) is 24.0 Å². The number of rotatable bonds is 9. The lowest BCUT2D eigenvalue weighted by Gasteiger charge is -2.30. The molecule has 0 radical (unpaired) electrons. The Kier molecular flexibility index (Phi) is 9.47. The summed E-state index contributed by atoms with van der Waals surface area (Å²) in [6.45, 7) is 5.67. The van der Waals surface area contributed by atoms with Gasteiger partial charge in [0, 0.05) is 33.4 Å². The Morgan fingerprint density at radius 3 is 1.80 bits per heavy atom. The summed E-state index contributed by atoms with van der Waals surface area (Å²) in [6.07, 6.45) is -4.66. The van der Waals surface area contributed by atoms with Gasteiger partial charge in [-0.2, -0.15) is 0 Å². The van der Waals surface area contributed by atoms with Crippen molar-refractivity contribution in [3.05, 3.63) is 29.8 Å². The van der Waals surface area contributed by atoms with Crippen molar-refractivity contribution in [2.75, 3.05) is 11.9 Å². The summed E-state index contributed by atoms with van der Waals surface area (Å²) >= 11 is 0. The predicted molar refractivity (Wildman–Crippen MR) is 103 cm³/mol. The molecule has 30 heavy (non-hydrogen) atoms. The summed E-state index contributed by atoms with van der Waals surface area (Å²) in [6, 6.07) is 6.76. The molecule has 10 heteroatoms. The molecule has 1 amide bonds. The van der Waals surface area contributed by atoms with Crippen LogP contribution in [-0.2, 0) is 42.9 Å². The topological polar surface area (TPSA) is 134 Å². The third-order valence-corrected chi connectivity index (χ3v) is 3.61. The zero-order chi connectivity index (χ0) is 22.8. The van der Waals surface area contributed by atoms with E-state index < -0.39 is 54.7 Å². The lowest BCUT2D eigenvalue weighted by Crippen LogP contribution is -2.52. The van der Waals surface area contributed by atoms with Crippen molar-refractivity contribution >= 4 is 35.5 Å². The quantitative estimate of drug-likeness (QED) is 0.460. The Labute approximate surface area is 173 Å². The lowest BCUT2D eigenvalue weighted by atomic mass is 10.1. The number of nitrogens with one attached hydrogen (secondary N) is 1. The molecular formula is C20H25NO9. The molecule has 1 aromatic carbocycles. The summed E-state index contributed by atoms with van der Waals surface area (Å²) in [5, 5.41) is 2.55. The average Bonchev–Trinajstić information content (AvgIpc) is 2.62. The highest BCUT2D eigenvalue weighted by Gasteiger charge is 2.42. The fourth-order valence-corrected chi connectivity index (χ4v) is 2.43. The van der Waals surface area contributed by atoms with E-state index in [0.29, 0.717) is 5.69 Å². The van der Waals surface area contributed by atoms with E-state index in [9.17, 15) is 24.0 Å². The zero-order valence-corrected chi connectivity index (χ0v) is 17.4. The molecule has 0 fully saturated rings. The first kappa shape index (κ1) is 24.6. The number of hydrogen-bond donors (Lipinski definition) is 1. The number of benzene rings is 1. The molecule has 3 atom stereocenters. The first-order valence-electron chi connectivity index (χ1n) is 9.02. The SMILES string of the molecule is CC(=O)OC[C@H](OC(C)=O)[C@H](OC(C)=O)[C@H](OC(C)=O)C(=O)Nc1ccc(C)cc1. The van der Waals surface area contributed by atoms with Gasteiger partial charge in [0.1, 0.15) is 6.61 Å². The maximum absolute atomic E-state index is 12.9. The van der Waals surface area contributed by atoms with Crippen LogP contribution in [-0.4, -0.2) is 54.7 Å². The Morgan fingerprint density at radius 2 is 1.33 bits per heavy atom. The lowest BCUT2D eigenvalue weighted by molar-refractivity contribution is -0.190. The van der Waals surface area contributed by atoms with Crippen LogP contribution in [0.5, 0.6) is 0 Å². The molecule has 0 aliphatic carbocycles. The average molecular weight is 423 g/mol. The maximum Gasteiger partial charge on any atom is 0.303 e. The van der Waals surface area contributed by atoms with Crippen LogP contribution in [0.2, 0.25) is 0 Å². The van der Waals surface area contributed by atoms with Crippen LogP contribution < -0.4 is 5.32 Å². The standard InChI is InChI=1S/C20H25NO9/c1-11-6-8-16(9-7-11)21-20(26)19(30-15(5)25)18(29-14(4)24)17(28-13(3)23)10-27-12(2)22/h6-9,17-19H,10H2,1-5H3,(H,21,26)/t17-,18-,19-/m0/s1. The maximum atomic E-state index is 12.9. The van der Waals surface area contributed by atoms with Gasteiger partial charge in [0.25, 0.3) is 5.91 Å². The molecule has 1 N–H and O–H groups in total. The molecule has 0 aliphatic rings. The smallest absolute Gasteiger partial charge is 0.303 e. The number of anilines is 1. The molecule has 0 aliphatic heterocycles. The molecule has 0 aromatic heterocycles. The van der Waals surface area contributed by atoms with Crippen molar-refractivity contribution in [3.8, 4) is 0 Å². The fourth-order valence-electron chi connectivity index (χ4n) is 2.43. The second-order valence-electron chi connectivity index (χ2n) is 6.41. The normalized spacial score (nSPS) is 13.2. The van der Waals surface area contributed by atoms with Crippen LogP contribution in [0.15, 0.2) is 24.3 Å². The highest BCUT2D eigenvalue weighted by molar-refractivity contribution is 5.96. The Hall–Kier alpha value is -3.43. The van der Waals surface area contributed by atoms with Gasteiger partial charge in [0.15, 0.2) is 12.2 Å². The highest BCUT2D eigenvalue weighted by atomic mass is 16.6. The van der Waals surface area contributed by atoms with Crippen LogP contribution in [0, 0.1) is 6.92 Å². The van der Waals surface area contributed by atoms with Gasteiger partial charge in [0.2, 0.25) is 6.10 Å². The third kappa shape index (κ3) is 8.72.